The van der Waals surface area contributed by atoms with E-state index in [-0.39, 0.29) is 29.6 Å². The van der Waals surface area contributed by atoms with Crippen molar-refractivity contribution in [2.24, 2.45) is 4.99 Å². The van der Waals surface area contributed by atoms with Crippen molar-refractivity contribution in [1.29, 1.82) is 0 Å². The summed E-state index contributed by atoms with van der Waals surface area (Å²) in [7, 11) is 0. The number of ether oxygens (including phenoxy) is 1. The fraction of sp³-hybridized carbons (Fsp3) is 0.579. The molecule has 2 N–H and O–H groups in total. The number of imidazole rings is 1. The van der Waals surface area contributed by atoms with Crippen LogP contribution in [0, 0.1) is 6.92 Å². The van der Waals surface area contributed by atoms with E-state index in [1.165, 1.54) is 5.52 Å². The van der Waals surface area contributed by atoms with E-state index in [4.69, 9.17) is 9.73 Å². The number of para-hydroxylation sites is 2. The Kier molecular flexibility index (Phi) is 7.69. The number of hydrogen-bond acceptors (Lipinski definition) is 3. The zero-order valence-electron chi connectivity index (χ0n) is 15.9. The predicted molar refractivity (Wildman–Crippen MR) is 117 cm³/mol. The SMILES string of the molecule is CCNC(=NCC1(C)CCCO1)NCCn1c(C)nc2ccccc21.I. The number of fused-ring (bicyclic) bond motifs is 1. The largest absolute Gasteiger partial charge is 0.373 e. The molecule has 2 aromatic rings. The highest BCUT2D eigenvalue weighted by Crippen LogP contribution is 2.25. The van der Waals surface area contributed by atoms with Crippen molar-refractivity contribution in [3.63, 3.8) is 0 Å². The summed E-state index contributed by atoms with van der Waals surface area (Å²) in [6, 6.07) is 8.26. The summed E-state index contributed by atoms with van der Waals surface area (Å²) in [5.41, 5.74) is 2.11. The van der Waals surface area contributed by atoms with E-state index in [0.29, 0.717) is 6.54 Å². The number of benzene rings is 1. The molecule has 1 aromatic carbocycles. The maximum absolute atomic E-state index is 5.82. The molecule has 0 aliphatic carbocycles. The van der Waals surface area contributed by atoms with Crippen LogP contribution in [0.1, 0.15) is 32.5 Å². The van der Waals surface area contributed by atoms with Gasteiger partial charge in [0, 0.05) is 26.2 Å². The summed E-state index contributed by atoms with van der Waals surface area (Å²) in [5, 5.41) is 6.74. The van der Waals surface area contributed by atoms with Crippen molar-refractivity contribution < 1.29 is 4.74 Å². The van der Waals surface area contributed by atoms with Gasteiger partial charge < -0.3 is 19.9 Å². The normalized spacial score (nSPS) is 20.2. The lowest BCUT2D eigenvalue weighted by Gasteiger charge is -2.21. The first-order valence-corrected chi connectivity index (χ1v) is 9.19. The highest BCUT2D eigenvalue weighted by molar-refractivity contribution is 14.0. The molecule has 26 heavy (non-hydrogen) atoms. The van der Waals surface area contributed by atoms with Crippen LogP contribution in [0.4, 0.5) is 0 Å². The lowest BCUT2D eigenvalue weighted by molar-refractivity contribution is 0.0283. The minimum absolute atomic E-state index is 0. The molecule has 144 valence electrons. The Morgan fingerprint density at radius 3 is 2.88 bits per heavy atom. The first kappa shape index (κ1) is 21.0. The van der Waals surface area contributed by atoms with Crippen LogP contribution in [0.5, 0.6) is 0 Å². The van der Waals surface area contributed by atoms with Gasteiger partial charge >= 0.3 is 0 Å². The van der Waals surface area contributed by atoms with E-state index in [1.54, 1.807) is 0 Å². The predicted octanol–water partition coefficient (Wildman–Crippen LogP) is 3.09. The number of nitrogens with one attached hydrogen (secondary N) is 2. The second-order valence-electron chi connectivity index (χ2n) is 6.82. The second-order valence-corrected chi connectivity index (χ2v) is 6.82. The Morgan fingerprint density at radius 2 is 2.15 bits per heavy atom. The quantitative estimate of drug-likeness (QED) is 0.386. The monoisotopic (exact) mass is 471 g/mol. The topological polar surface area (TPSA) is 63.5 Å². The fourth-order valence-corrected chi connectivity index (χ4v) is 3.31. The molecule has 0 radical (unpaired) electrons. The van der Waals surface area contributed by atoms with Crippen LogP contribution < -0.4 is 10.6 Å². The molecule has 1 atom stereocenters. The van der Waals surface area contributed by atoms with Crippen molar-refractivity contribution >= 4 is 41.0 Å². The molecule has 0 bridgehead atoms. The summed E-state index contributed by atoms with van der Waals surface area (Å²) in [4.78, 5) is 9.33. The maximum Gasteiger partial charge on any atom is 0.191 e. The van der Waals surface area contributed by atoms with Gasteiger partial charge in [0.25, 0.3) is 0 Å². The van der Waals surface area contributed by atoms with Crippen molar-refractivity contribution in [1.82, 2.24) is 20.2 Å². The molecular weight excluding hydrogens is 441 g/mol. The average molecular weight is 471 g/mol. The molecule has 0 spiro atoms. The molecule has 1 aliphatic heterocycles. The molecule has 2 heterocycles. The number of guanidine groups is 1. The molecule has 1 unspecified atom stereocenters. The van der Waals surface area contributed by atoms with Crippen LogP contribution in [-0.4, -0.2) is 47.4 Å². The van der Waals surface area contributed by atoms with Crippen molar-refractivity contribution in [2.45, 2.75) is 45.8 Å². The van der Waals surface area contributed by atoms with Gasteiger partial charge in [-0.1, -0.05) is 12.1 Å². The van der Waals surface area contributed by atoms with E-state index in [2.05, 4.69) is 59.2 Å². The minimum Gasteiger partial charge on any atom is -0.373 e. The zero-order valence-corrected chi connectivity index (χ0v) is 18.2. The van der Waals surface area contributed by atoms with E-state index in [0.717, 1.165) is 56.4 Å². The first-order valence-electron chi connectivity index (χ1n) is 9.19. The summed E-state index contributed by atoms with van der Waals surface area (Å²) in [6.45, 7) is 10.3. The van der Waals surface area contributed by atoms with Gasteiger partial charge in [-0.15, -0.1) is 24.0 Å². The highest BCUT2D eigenvalue weighted by atomic mass is 127. The van der Waals surface area contributed by atoms with Crippen LogP contribution in [0.2, 0.25) is 0 Å². The fourth-order valence-electron chi connectivity index (χ4n) is 3.31. The Labute approximate surface area is 172 Å². The van der Waals surface area contributed by atoms with Crippen LogP contribution in [0.3, 0.4) is 0 Å². The lowest BCUT2D eigenvalue weighted by atomic mass is 10.0. The third kappa shape index (κ3) is 5.09. The standard InChI is InChI=1S/C19H29N5O.HI/c1-4-20-18(22-14-19(3)10-7-13-25-19)21-11-12-24-15(2)23-16-8-5-6-9-17(16)24;/h5-6,8-9H,4,7,10-14H2,1-3H3,(H2,20,21,22);1H. The molecule has 3 rings (SSSR count). The van der Waals surface area contributed by atoms with E-state index >= 15 is 0 Å². The molecular formula is C19H30IN5O. The summed E-state index contributed by atoms with van der Waals surface area (Å²) >= 11 is 0. The molecule has 1 saturated heterocycles. The lowest BCUT2D eigenvalue weighted by Crippen LogP contribution is -2.40. The van der Waals surface area contributed by atoms with Crippen LogP contribution >= 0.6 is 24.0 Å². The molecule has 6 nitrogen and oxygen atoms in total. The smallest absolute Gasteiger partial charge is 0.191 e. The van der Waals surface area contributed by atoms with Gasteiger partial charge in [0.15, 0.2) is 5.96 Å². The Hall–Kier alpha value is -1.35. The number of aliphatic imine (C=N–C) groups is 1. The van der Waals surface area contributed by atoms with Crippen LogP contribution in [-0.2, 0) is 11.3 Å². The van der Waals surface area contributed by atoms with Gasteiger partial charge in [-0.25, -0.2) is 4.98 Å². The number of rotatable bonds is 6. The number of aromatic nitrogens is 2. The van der Waals surface area contributed by atoms with Gasteiger partial charge in [-0.3, -0.25) is 4.99 Å². The van der Waals surface area contributed by atoms with Crippen molar-refractivity contribution in [3.05, 3.63) is 30.1 Å². The molecule has 7 heteroatoms. The average Bonchev–Trinajstić information content (AvgIpc) is 3.17. The third-order valence-electron chi connectivity index (χ3n) is 4.69. The maximum atomic E-state index is 5.82. The Balaban J connectivity index is 0.00000243. The van der Waals surface area contributed by atoms with Gasteiger partial charge in [0.05, 0.1) is 23.2 Å². The van der Waals surface area contributed by atoms with Crippen LogP contribution in [0.15, 0.2) is 29.3 Å². The van der Waals surface area contributed by atoms with Crippen LogP contribution in [0.25, 0.3) is 11.0 Å². The van der Waals surface area contributed by atoms with Gasteiger partial charge in [-0.2, -0.15) is 0 Å². The number of hydrogen-bond donors (Lipinski definition) is 2. The van der Waals surface area contributed by atoms with Crippen molar-refractivity contribution in [3.8, 4) is 0 Å². The molecule has 0 amide bonds. The van der Waals surface area contributed by atoms with E-state index in [1.807, 2.05) is 6.07 Å². The second kappa shape index (κ2) is 9.55. The van der Waals surface area contributed by atoms with E-state index in [9.17, 15) is 0 Å². The minimum atomic E-state index is -0.112. The summed E-state index contributed by atoms with van der Waals surface area (Å²) in [6.07, 6.45) is 2.21. The molecule has 1 aliphatic rings. The molecule has 0 saturated carbocycles. The Bertz CT molecular complexity index is 737. The summed E-state index contributed by atoms with van der Waals surface area (Å²) < 4.78 is 8.06. The van der Waals surface area contributed by atoms with Gasteiger partial charge in [0.1, 0.15) is 5.82 Å². The highest BCUT2D eigenvalue weighted by Gasteiger charge is 2.29. The number of nitrogens with zero attached hydrogens (tertiary/aromatic N) is 3. The van der Waals surface area contributed by atoms with Gasteiger partial charge in [0.2, 0.25) is 0 Å². The zero-order chi connectivity index (χ0) is 17.7. The third-order valence-corrected chi connectivity index (χ3v) is 4.69. The summed E-state index contributed by atoms with van der Waals surface area (Å²) in [5.74, 6) is 1.89. The molecule has 1 aromatic heterocycles. The first-order chi connectivity index (χ1) is 12.1. The molecule has 1 fully saturated rings. The van der Waals surface area contributed by atoms with Crippen molar-refractivity contribution in [2.75, 3.05) is 26.2 Å². The number of aryl methyl sites for hydroxylation is 1. The Morgan fingerprint density at radius 1 is 1.35 bits per heavy atom. The van der Waals surface area contributed by atoms with E-state index < -0.39 is 0 Å². The number of halogens is 1. The van der Waals surface area contributed by atoms with Gasteiger partial charge in [-0.05, 0) is 45.7 Å².